The van der Waals surface area contributed by atoms with E-state index in [-0.39, 0.29) is 10.5 Å². The van der Waals surface area contributed by atoms with Crippen LogP contribution in [0.2, 0.25) is 0 Å². The van der Waals surface area contributed by atoms with Crippen LogP contribution in [0.25, 0.3) is 0 Å². The molecular formula is C15H12BrN3O3S. The normalized spacial score (nSPS) is 10.9. The molecule has 0 aliphatic carbocycles. The zero-order chi connectivity index (χ0) is 17.2. The minimum Gasteiger partial charge on any atom is -0.322 e. The average molecular weight is 394 g/mol. The van der Waals surface area contributed by atoms with Gasteiger partial charge in [-0.15, -0.1) is 0 Å². The molecule has 2 aromatic rings. The molecule has 3 N–H and O–H groups in total. The molecule has 0 saturated carbocycles. The number of rotatable bonds is 3. The summed E-state index contributed by atoms with van der Waals surface area (Å²) in [6.45, 7) is 1.56. The van der Waals surface area contributed by atoms with Crippen LogP contribution in [0.1, 0.15) is 21.5 Å². The van der Waals surface area contributed by atoms with Crippen molar-refractivity contribution in [1.82, 2.24) is 0 Å². The molecule has 0 saturated heterocycles. The summed E-state index contributed by atoms with van der Waals surface area (Å²) in [6.07, 6.45) is 0. The van der Waals surface area contributed by atoms with E-state index in [4.69, 9.17) is 10.4 Å². The fourth-order valence-electron chi connectivity index (χ4n) is 2.00. The highest BCUT2D eigenvalue weighted by atomic mass is 79.9. The Morgan fingerprint density at radius 1 is 1.26 bits per heavy atom. The van der Waals surface area contributed by atoms with Crippen molar-refractivity contribution in [2.45, 2.75) is 11.8 Å². The number of aryl methyl sites for hydroxylation is 1. The van der Waals surface area contributed by atoms with E-state index in [2.05, 4.69) is 21.2 Å². The van der Waals surface area contributed by atoms with Gasteiger partial charge in [0.1, 0.15) is 6.07 Å². The Balaban J connectivity index is 2.29. The molecule has 0 spiro atoms. The number of nitrogens with one attached hydrogen (secondary N) is 1. The maximum absolute atomic E-state index is 12.2. The van der Waals surface area contributed by atoms with Gasteiger partial charge >= 0.3 is 0 Å². The number of sulfonamides is 1. The highest BCUT2D eigenvalue weighted by Crippen LogP contribution is 2.21. The van der Waals surface area contributed by atoms with Crippen LogP contribution in [0.4, 0.5) is 5.69 Å². The number of carbonyl (C=O) groups is 1. The highest BCUT2D eigenvalue weighted by molar-refractivity contribution is 9.10. The molecule has 0 fully saturated rings. The highest BCUT2D eigenvalue weighted by Gasteiger charge is 2.14. The van der Waals surface area contributed by atoms with Crippen molar-refractivity contribution >= 4 is 37.5 Å². The van der Waals surface area contributed by atoms with Crippen LogP contribution in [0.15, 0.2) is 45.8 Å². The van der Waals surface area contributed by atoms with Crippen molar-refractivity contribution < 1.29 is 13.2 Å². The van der Waals surface area contributed by atoms with Gasteiger partial charge in [-0.2, -0.15) is 5.26 Å². The molecule has 1 amide bonds. The number of carbonyl (C=O) groups excluding carboxylic acids is 1. The second-order valence-corrected chi connectivity index (χ2v) is 7.17. The Kier molecular flexibility index (Phi) is 4.85. The van der Waals surface area contributed by atoms with Crippen molar-refractivity contribution in [1.29, 1.82) is 5.26 Å². The minimum absolute atomic E-state index is 0.0236. The van der Waals surface area contributed by atoms with E-state index in [0.29, 0.717) is 21.3 Å². The molecule has 6 nitrogen and oxygen atoms in total. The predicted molar refractivity (Wildman–Crippen MR) is 89.4 cm³/mol. The first kappa shape index (κ1) is 17.1. The first-order valence-corrected chi connectivity index (χ1v) is 8.71. The molecule has 0 atom stereocenters. The van der Waals surface area contributed by atoms with Crippen molar-refractivity contribution in [2.75, 3.05) is 5.32 Å². The predicted octanol–water partition coefficient (Wildman–Crippen LogP) is 2.53. The molecule has 0 bridgehead atoms. The van der Waals surface area contributed by atoms with Crippen LogP contribution in [-0.4, -0.2) is 14.3 Å². The molecule has 0 radical (unpaired) electrons. The van der Waals surface area contributed by atoms with E-state index >= 15 is 0 Å². The number of benzene rings is 2. The summed E-state index contributed by atoms with van der Waals surface area (Å²) in [7, 11) is -3.82. The van der Waals surface area contributed by atoms with E-state index < -0.39 is 15.9 Å². The zero-order valence-corrected chi connectivity index (χ0v) is 14.4. The van der Waals surface area contributed by atoms with Gasteiger partial charge in [-0.05, 0) is 64.8 Å². The third-order valence-electron chi connectivity index (χ3n) is 3.09. The summed E-state index contributed by atoms with van der Waals surface area (Å²) in [5, 5.41) is 16.7. The fraction of sp³-hybridized carbons (Fsp3) is 0.0667. The maximum atomic E-state index is 12.2. The first-order chi connectivity index (χ1) is 10.7. The van der Waals surface area contributed by atoms with Gasteiger partial charge in [0.25, 0.3) is 5.91 Å². The summed E-state index contributed by atoms with van der Waals surface area (Å²) in [4.78, 5) is 12.2. The third-order valence-corrected chi connectivity index (χ3v) is 4.85. The third kappa shape index (κ3) is 3.96. The van der Waals surface area contributed by atoms with Crippen molar-refractivity contribution in [3.63, 3.8) is 0 Å². The first-order valence-electron chi connectivity index (χ1n) is 6.37. The lowest BCUT2D eigenvalue weighted by Gasteiger charge is -2.09. The van der Waals surface area contributed by atoms with Gasteiger partial charge in [0, 0.05) is 15.7 Å². The monoisotopic (exact) mass is 393 g/mol. The molecule has 0 unspecified atom stereocenters. The van der Waals surface area contributed by atoms with Gasteiger partial charge in [-0.1, -0.05) is 0 Å². The Bertz CT molecular complexity index is 933. The zero-order valence-electron chi connectivity index (χ0n) is 12.0. The number of amides is 1. The number of anilines is 1. The van der Waals surface area contributed by atoms with Crippen molar-refractivity contribution in [2.24, 2.45) is 5.14 Å². The molecule has 0 heterocycles. The molecule has 2 rings (SSSR count). The van der Waals surface area contributed by atoms with E-state index in [1.54, 1.807) is 19.1 Å². The van der Waals surface area contributed by atoms with Crippen LogP contribution in [-0.2, 0) is 10.0 Å². The lowest BCUT2D eigenvalue weighted by atomic mass is 10.1. The minimum atomic E-state index is -3.82. The summed E-state index contributed by atoms with van der Waals surface area (Å²) < 4.78 is 23.4. The summed E-state index contributed by atoms with van der Waals surface area (Å²) >= 11 is 3.23. The van der Waals surface area contributed by atoms with Crippen molar-refractivity contribution in [3.05, 3.63) is 57.6 Å². The molecule has 0 aliphatic heterocycles. The fourth-order valence-corrected chi connectivity index (χ4v) is 3.10. The summed E-state index contributed by atoms with van der Waals surface area (Å²) in [5.74, 6) is -0.416. The standard InChI is InChI=1S/C15H12BrN3O3S/c1-9-6-10(2-5-14(9)23(18,21)22)15(20)19-12-3-4-13(16)11(7-12)8-17/h2-7H,1H3,(H,19,20)(H2,18,21,22). The van der Waals surface area contributed by atoms with E-state index in [1.807, 2.05) is 6.07 Å². The SMILES string of the molecule is Cc1cc(C(=O)Nc2ccc(Br)c(C#N)c2)ccc1S(N)(=O)=O. The number of primary sulfonamides is 1. The average Bonchev–Trinajstić information content (AvgIpc) is 2.47. The van der Waals surface area contributed by atoms with E-state index in [1.165, 1.54) is 24.3 Å². The number of nitrogens with zero attached hydrogens (tertiary/aromatic N) is 1. The topological polar surface area (TPSA) is 113 Å². The molecule has 8 heteroatoms. The van der Waals surface area contributed by atoms with Crippen LogP contribution in [0.5, 0.6) is 0 Å². The van der Waals surface area contributed by atoms with E-state index in [0.717, 1.165) is 0 Å². The molecule has 23 heavy (non-hydrogen) atoms. The molecule has 118 valence electrons. The quantitative estimate of drug-likeness (QED) is 0.833. The number of halogens is 1. The maximum Gasteiger partial charge on any atom is 0.255 e. The van der Waals surface area contributed by atoms with Gasteiger partial charge < -0.3 is 5.32 Å². The van der Waals surface area contributed by atoms with Crippen LogP contribution >= 0.6 is 15.9 Å². The Labute approximate surface area is 142 Å². The second-order valence-electron chi connectivity index (χ2n) is 4.79. The van der Waals surface area contributed by atoms with Crippen LogP contribution in [0, 0.1) is 18.3 Å². The second kappa shape index (κ2) is 6.50. The molecule has 0 aliphatic rings. The number of nitriles is 1. The van der Waals surface area contributed by atoms with E-state index in [9.17, 15) is 13.2 Å². The smallest absolute Gasteiger partial charge is 0.255 e. The van der Waals surface area contributed by atoms with Crippen LogP contribution in [0.3, 0.4) is 0 Å². The Morgan fingerprint density at radius 2 is 1.96 bits per heavy atom. The lowest BCUT2D eigenvalue weighted by molar-refractivity contribution is 0.102. The summed E-state index contributed by atoms with van der Waals surface area (Å²) in [5.41, 5.74) is 1.52. The van der Waals surface area contributed by atoms with Crippen molar-refractivity contribution in [3.8, 4) is 6.07 Å². The van der Waals surface area contributed by atoms with Crippen LogP contribution < -0.4 is 10.5 Å². The Morgan fingerprint density at radius 3 is 2.52 bits per heavy atom. The van der Waals surface area contributed by atoms with Gasteiger partial charge in [-0.3, -0.25) is 4.79 Å². The lowest BCUT2D eigenvalue weighted by Crippen LogP contribution is -2.16. The molecular weight excluding hydrogens is 382 g/mol. The number of hydrogen-bond donors (Lipinski definition) is 2. The van der Waals surface area contributed by atoms with Gasteiger partial charge in [0.15, 0.2) is 0 Å². The summed E-state index contributed by atoms with van der Waals surface area (Å²) in [6, 6.07) is 11.0. The van der Waals surface area contributed by atoms with Gasteiger partial charge in [0.2, 0.25) is 10.0 Å². The largest absolute Gasteiger partial charge is 0.322 e. The number of nitrogens with two attached hydrogens (primary N) is 1. The number of hydrogen-bond acceptors (Lipinski definition) is 4. The van der Waals surface area contributed by atoms with Gasteiger partial charge in [0.05, 0.1) is 10.5 Å². The Hall–Kier alpha value is -2.21. The molecule has 2 aromatic carbocycles. The van der Waals surface area contributed by atoms with Gasteiger partial charge in [-0.25, -0.2) is 13.6 Å². The molecule has 0 aromatic heterocycles.